The maximum absolute atomic E-state index is 10.2. The van der Waals surface area contributed by atoms with Gasteiger partial charge in [0.25, 0.3) is 0 Å². The molecule has 0 bridgehead atoms. The zero-order chi connectivity index (χ0) is 11.5. The first-order chi connectivity index (χ1) is 7.26. The smallest absolute Gasteiger partial charge is 0.152 e. The van der Waals surface area contributed by atoms with E-state index in [9.17, 15) is 9.59 Å². The summed E-state index contributed by atoms with van der Waals surface area (Å²) in [4.78, 5) is 20.0. The Kier molecular flexibility index (Phi) is 9.26. The highest BCUT2D eigenvalue weighted by atomic mass is 16.5. The van der Waals surface area contributed by atoms with Crippen LogP contribution in [-0.2, 0) is 9.59 Å². The zero-order valence-electron chi connectivity index (χ0n) is 8.95. The lowest BCUT2D eigenvalue weighted by atomic mass is 9.92. The Morgan fingerprint density at radius 3 is 2.47 bits per heavy atom. The average molecular weight is 216 g/mol. The van der Waals surface area contributed by atoms with Crippen molar-refractivity contribution in [3.63, 3.8) is 0 Å². The summed E-state index contributed by atoms with van der Waals surface area (Å²) in [5.41, 5.74) is 7.12. The molecular weight excluding hydrogens is 196 g/mol. The summed E-state index contributed by atoms with van der Waals surface area (Å²) in [5.74, 6) is 0.113. The molecule has 1 saturated carbocycles. The lowest BCUT2D eigenvalue weighted by Gasteiger charge is -2.20. The molecule has 0 saturated heterocycles. The Morgan fingerprint density at radius 1 is 1.47 bits per heavy atom. The van der Waals surface area contributed by atoms with E-state index in [2.05, 4.69) is 0 Å². The van der Waals surface area contributed by atoms with Gasteiger partial charge in [-0.3, -0.25) is 4.79 Å². The topological polar surface area (TPSA) is 92.4 Å². The minimum atomic E-state index is -0.250. The Bertz CT molecular complexity index is 184. The number of hydrogen-bond acceptors (Lipinski definition) is 5. The summed E-state index contributed by atoms with van der Waals surface area (Å²) in [6.45, 7) is 0.749. The van der Waals surface area contributed by atoms with Crippen LogP contribution in [0.1, 0.15) is 38.5 Å². The second-order valence-electron chi connectivity index (χ2n) is 3.49. The van der Waals surface area contributed by atoms with E-state index >= 15 is 0 Å². The molecule has 0 aromatic rings. The number of rotatable bonds is 6. The second-order valence-corrected chi connectivity index (χ2v) is 3.49. The standard InChI is InChI=1S/C6H13NO.C4H7NO2/c7-5-3-1-2-4-6-8;6-4-2-1-3(4)5-7/h6H,1-5,7H2;3,5,7H,1-2H2. The van der Waals surface area contributed by atoms with Gasteiger partial charge in [-0.05, 0) is 25.8 Å². The van der Waals surface area contributed by atoms with Crippen LogP contribution >= 0.6 is 0 Å². The third kappa shape index (κ3) is 7.18. The molecule has 88 valence electrons. The number of aldehydes is 1. The third-order valence-electron chi connectivity index (χ3n) is 2.25. The van der Waals surface area contributed by atoms with Gasteiger partial charge in [-0.25, -0.2) is 0 Å². The third-order valence-corrected chi connectivity index (χ3v) is 2.25. The lowest BCUT2D eigenvalue weighted by molar-refractivity contribution is -0.130. The SMILES string of the molecule is NCCCCCC=O.O=C1CCC1NO. The number of unbranched alkanes of at least 4 members (excludes halogenated alkanes) is 3. The summed E-state index contributed by atoms with van der Waals surface area (Å²) in [6, 6.07) is -0.250. The van der Waals surface area contributed by atoms with Gasteiger partial charge in [-0.15, -0.1) is 0 Å². The Labute approximate surface area is 90.0 Å². The Morgan fingerprint density at radius 2 is 2.20 bits per heavy atom. The molecule has 1 rings (SSSR count). The molecular formula is C10H20N2O3. The van der Waals surface area contributed by atoms with E-state index in [1.54, 1.807) is 0 Å². The van der Waals surface area contributed by atoms with E-state index in [4.69, 9.17) is 10.9 Å². The van der Waals surface area contributed by atoms with E-state index in [-0.39, 0.29) is 11.8 Å². The normalized spacial score (nSPS) is 18.8. The fourth-order valence-corrected chi connectivity index (χ4v) is 1.09. The lowest BCUT2D eigenvalue weighted by Crippen LogP contribution is -2.42. The first-order valence-corrected chi connectivity index (χ1v) is 5.32. The number of carbonyl (C=O) groups is 2. The van der Waals surface area contributed by atoms with Gasteiger partial charge in [-0.2, -0.15) is 5.48 Å². The quantitative estimate of drug-likeness (QED) is 0.339. The Balaban J connectivity index is 0.000000262. The van der Waals surface area contributed by atoms with Crippen LogP contribution in [0.15, 0.2) is 0 Å². The minimum Gasteiger partial charge on any atom is -0.330 e. The summed E-state index contributed by atoms with van der Waals surface area (Å²) >= 11 is 0. The van der Waals surface area contributed by atoms with Crippen molar-refractivity contribution in [1.29, 1.82) is 0 Å². The summed E-state index contributed by atoms with van der Waals surface area (Å²) < 4.78 is 0. The molecule has 0 amide bonds. The molecule has 0 heterocycles. The first-order valence-electron chi connectivity index (χ1n) is 5.32. The van der Waals surface area contributed by atoms with Crippen LogP contribution in [-0.4, -0.2) is 29.9 Å². The van der Waals surface area contributed by atoms with E-state index in [0.717, 1.165) is 38.5 Å². The molecule has 15 heavy (non-hydrogen) atoms. The number of hydrogen-bond donors (Lipinski definition) is 3. The number of ketones is 1. The van der Waals surface area contributed by atoms with Gasteiger partial charge < -0.3 is 15.7 Å². The fourth-order valence-electron chi connectivity index (χ4n) is 1.09. The highest BCUT2D eigenvalue weighted by Crippen LogP contribution is 2.12. The monoisotopic (exact) mass is 216 g/mol. The van der Waals surface area contributed by atoms with Gasteiger partial charge in [0.2, 0.25) is 0 Å². The molecule has 0 aliphatic heterocycles. The molecule has 0 radical (unpaired) electrons. The Hall–Kier alpha value is -0.780. The van der Waals surface area contributed by atoms with Crippen molar-refractivity contribution in [2.75, 3.05) is 6.54 Å². The van der Waals surface area contributed by atoms with Gasteiger partial charge in [0.15, 0.2) is 5.78 Å². The van der Waals surface area contributed by atoms with E-state index in [1.807, 2.05) is 5.48 Å². The predicted octanol–water partition coefficient (Wildman–Crippen LogP) is 0.401. The largest absolute Gasteiger partial charge is 0.330 e. The predicted molar refractivity (Wildman–Crippen MR) is 56.5 cm³/mol. The zero-order valence-corrected chi connectivity index (χ0v) is 8.95. The van der Waals surface area contributed by atoms with Crippen LogP contribution in [0.3, 0.4) is 0 Å². The van der Waals surface area contributed by atoms with Crippen LogP contribution in [0.2, 0.25) is 0 Å². The number of Topliss-reactive ketones (excluding diaryl/α,β-unsaturated/α-hetero) is 1. The van der Waals surface area contributed by atoms with Crippen molar-refractivity contribution in [2.24, 2.45) is 5.73 Å². The summed E-state index contributed by atoms with van der Waals surface area (Å²) in [7, 11) is 0. The van der Waals surface area contributed by atoms with Gasteiger partial charge >= 0.3 is 0 Å². The number of nitrogens with two attached hydrogens (primary N) is 1. The highest BCUT2D eigenvalue weighted by molar-refractivity contribution is 5.89. The van der Waals surface area contributed by atoms with Gasteiger partial charge in [0.05, 0.1) is 6.04 Å². The maximum atomic E-state index is 10.2. The van der Waals surface area contributed by atoms with Gasteiger partial charge in [0.1, 0.15) is 6.29 Å². The van der Waals surface area contributed by atoms with Crippen molar-refractivity contribution >= 4 is 12.1 Å². The average Bonchev–Trinajstić information content (AvgIpc) is 2.24. The summed E-state index contributed by atoms with van der Waals surface area (Å²) in [5, 5.41) is 8.09. The fraction of sp³-hybridized carbons (Fsp3) is 0.800. The molecule has 5 nitrogen and oxygen atoms in total. The number of carbonyl (C=O) groups excluding carboxylic acids is 2. The van der Waals surface area contributed by atoms with Crippen LogP contribution in [0.25, 0.3) is 0 Å². The van der Waals surface area contributed by atoms with Crippen LogP contribution in [0, 0.1) is 0 Å². The molecule has 5 heteroatoms. The number of nitrogens with one attached hydrogen (secondary N) is 1. The van der Waals surface area contributed by atoms with Crippen LogP contribution < -0.4 is 11.2 Å². The van der Waals surface area contributed by atoms with Crippen molar-refractivity contribution in [2.45, 2.75) is 44.6 Å². The van der Waals surface area contributed by atoms with Gasteiger partial charge in [-0.1, -0.05) is 6.42 Å². The van der Waals surface area contributed by atoms with Crippen molar-refractivity contribution in [3.05, 3.63) is 0 Å². The molecule has 0 aromatic heterocycles. The number of hydroxylamine groups is 1. The first kappa shape index (κ1) is 14.2. The van der Waals surface area contributed by atoms with E-state index in [0.29, 0.717) is 12.8 Å². The van der Waals surface area contributed by atoms with Crippen molar-refractivity contribution in [3.8, 4) is 0 Å². The molecule has 1 aliphatic carbocycles. The maximum Gasteiger partial charge on any atom is 0.152 e. The molecule has 1 aliphatic rings. The van der Waals surface area contributed by atoms with Gasteiger partial charge in [0, 0.05) is 12.8 Å². The summed E-state index contributed by atoms with van der Waals surface area (Å²) in [6.07, 6.45) is 6.20. The highest BCUT2D eigenvalue weighted by Gasteiger charge is 2.26. The molecule has 0 spiro atoms. The minimum absolute atomic E-state index is 0.113. The van der Waals surface area contributed by atoms with Crippen molar-refractivity contribution < 1.29 is 14.8 Å². The van der Waals surface area contributed by atoms with E-state index < -0.39 is 0 Å². The van der Waals surface area contributed by atoms with Crippen molar-refractivity contribution in [1.82, 2.24) is 5.48 Å². The molecule has 1 atom stereocenters. The molecule has 1 fully saturated rings. The van der Waals surface area contributed by atoms with Crippen LogP contribution in [0.5, 0.6) is 0 Å². The molecule has 0 aromatic carbocycles. The molecule has 4 N–H and O–H groups in total. The second kappa shape index (κ2) is 9.76. The van der Waals surface area contributed by atoms with Crippen LogP contribution in [0.4, 0.5) is 0 Å². The molecule has 1 unspecified atom stereocenters. The van der Waals surface area contributed by atoms with E-state index in [1.165, 1.54) is 0 Å².